The number of amides is 1. The Morgan fingerprint density at radius 1 is 1.06 bits per heavy atom. The van der Waals surface area contributed by atoms with E-state index < -0.39 is 28.3 Å². The van der Waals surface area contributed by atoms with Crippen molar-refractivity contribution in [2.24, 2.45) is 0 Å². The molecule has 13 heteroatoms. The number of nitro groups is 2. The fourth-order valence-corrected chi connectivity index (χ4v) is 3.22. The maximum Gasteiger partial charge on any atom is 0.341 e. The molecule has 0 aromatic heterocycles. The molecule has 1 fully saturated rings. The number of nitrogens with one attached hydrogen (secondary N) is 1. The Hall–Kier alpha value is -3.77. The second-order valence-electron chi connectivity index (χ2n) is 6.60. The van der Waals surface area contributed by atoms with Gasteiger partial charge >= 0.3 is 5.97 Å². The van der Waals surface area contributed by atoms with Gasteiger partial charge in [0.2, 0.25) is 0 Å². The van der Waals surface area contributed by atoms with Gasteiger partial charge in [0.15, 0.2) is 6.61 Å². The zero-order valence-corrected chi connectivity index (χ0v) is 17.2. The summed E-state index contributed by atoms with van der Waals surface area (Å²) in [7, 11) is 0. The highest BCUT2D eigenvalue weighted by molar-refractivity contribution is 6.34. The second kappa shape index (κ2) is 10.0. The van der Waals surface area contributed by atoms with Crippen LogP contribution in [0, 0.1) is 20.2 Å². The van der Waals surface area contributed by atoms with E-state index in [1.165, 1.54) is 18.2 Å². The average Bonchev–Trinajstić information content (AvgIpc) is 2.78. The molecule has 3 rings (SSSR count). The molecule has 1 aliphatic heterocycles. The Labute approximate surface area is 186 Å². The SMILES string of the molecule is O=C(COC(=O)c1cc([N+](=O)[O-])ccc1N1CCOCC1)Nc1ccc([N+](=O)[O-])cc1Cl. The number of hydrogen-bond acceptors (Lipinski definition) is 9. The Balaban J connectivity index is 1.71. The molecule has 1 aliphatic rings. The number of nitro benzene ring substituents is 2. The quantitative estimate of drug-likeness (QED) is 0.370. The van der Waals surface area contributed by atoms with Crippen molar-refractivity contribution in [3.8, 4) is 0 Å². The van der Waals surface area contributed by atoms with E-state index in [0.29, 0.717) is 32.0 Å². The first-order chi connectivity index (χ1) is 15.3. The molecule has 0 saturated carbocycles. The lowest BCUT2D eigenvalue weighted by molar-refractivity contribution is -0.385. The molecular weight excluding hydrogens is 448 g/mol. The molecule has 2 aromatic rings. The van der Waals surface area contributed by atoms with Gasteiger partial charge in [-0.25, -0.2) is 4.79 Å². The highest BCUT2D eigenvalue weighted by Crippen LogP contribution is 2.28. The smallest absolute Gasteiger partial charge is 0.341 e. The third-order valence-corrected chi connectivity index (χ3v) is 4.85. The number of ether oxygens (including phenoxy) is 2. The zero-order valence-electron chi connectivity index (χ0n) is 16.5. The molecule has 0 aliphatic carbocycles. The summed E-state index contributed by atoms with van der Waals surface area (Å²) in [5.74, 6) is -1.66. The summed E-state index contributed by atoms with van der Waals surface area (Å²) in [5.41, 5.74) is -0.0653. The molecule has 0 bridgehead atoms. The van der Waals surface area contributed by atoms with Gasteiger partial charge in [-0.3, -0.25) is 25.0 Å². The predicted octanol–water partition coefficient (Wildman–Crippen LogP) is 2.79. The largest absolute Gasteiger partial charge is 0.452 e. The maximum absolute atomic E-state index is 12.6. The van der Waals surface area contributed by atoms with Crippen molar-refractivity contribution in [1.82, 2.24) is 0 Å². The first-order valence-corrected chi connectivity index (χ1v) is 9.66. The van der Waals surface area contributed by atoms with Gasteiger partial charge in [-0.05, 0) is 12.1 Å². The van der Waals surface area contributed by atoms with Crippen LogP contribution >= 0.6 is 11.6 Å². The number of morpholine rings is 1. The molecule has 32 heavy (non-hydrogen) atoms. The molecule has 2 aromatic carbocycles. The molecule has 0 atom stereocenters. The molecule has 1 amide bonds. The molecule has 0 unspecified atom stereocenters. The van der Waals surface area contributed by atoms with Crippen molar-refractivity contribution in [3.05, 3.63) is 67.2 Å². The summed E-state index contributed by atoms with van der Waals surface area (Å²) in [6.45, 7) is 1.14. The fraction of sp³-hybridized carbons (Fsp3) is 0.263. The summed E-state index contributed by atoms with van der Waals surface area (Å²) in [6.07, 6.45) is 0. The van der Waals surface area contributed by atoms with Crippen LogP contribution in [-0.2, 0) is 14.3 Å². The maximum atomic E-state index is 12.6. The van der Waals surface area contributed by atoms with Crippen LogP contribution in [-0.4, -0.2) is 54.6 Å². The van der Waals surface area contributed by atoms with Gasteiger partial charge in [0.1, 0.15) is 0 Å². The van der Waals surface area contributed by atoms with E-state index in [9.17, 15) is 29.8 Å². The average molecular weight is 465 g/mol. The summed E-state index contributed by atoms with van der Waals surface area (Å²) in [6, 6.07) is 7.31. The van der Waals surface area contributed by atoms with Crippen molar-refractivity contribution in [2.75, 3.05) is 43.1 Å². The van der Waals surface area contributed by atoms with Crippen LogP contribution in [0.2, 0.25) is 5.02 Å². The van der Waals surface area contributed by atoms with Crippen molar-refractivity contribution in [3.63, 3.8) is 0 Å². The van der Waals surface area contributed by atoms with Gasteiger partial charge in [-0.1, -0.05) is 11.6 Å². The van der Waals surface area contributed by atoms with E-state index in [4.69, 9.17) is 21.1 Å². The van der Waals surface area contributed by atoms with Crippen LogP contribution < -0.4 is 10.2 Å². The number of non-ortho nitro benzene ring substituents is 2. The Morgan fingerprint density at radius 2 is 1.69 bits per heavy atom. The Kier molecular flexibility index (Phi) is 7.18. The topological polar surface area (TPSA) is 154 Å². The highest BCUT2D eigenvalue weighted by Gasteiger charge is 2.24. The molecule has 1 heterocycles. The number of hydrogen-bond donors (Lipinski definition) is 1. The van der Waals surface area contributed by atoms with Crippen LogP contribution in [0.25, 0.3) is 0 Å². The van der Waals surface area contributed by atoms with E-state index >= 15 is 0 Å². The van der Waals surface area contributed by atoms with Crippen molar-refractivity contribution in [2.45, 2.75) is 0 Å². The van der Waals surface area contributed by atoms with Gasteiger partial charge in [0.25, 0.3) is 17.3 Å². The monoisotopic (exact) mass is 464 g/mol. The first-order valence-electron chi connectivity index (χ1n) is 9.28. The highest BCUT2D eigenvalue weighted by atomic mass is 35.5. The van der Waals surface area contributed by atoms with Crippen LogP contribution in [0.15, 0.2) is 36.4 Å². The lowest BCUT2D eigenvalue weighted by Gasteiger charge is -2.30. The number of carbonyl (C=O) groups excluding carboxylic acids is 2. The molecule has 168 valence electrons. The lowest BCUT2D eigenvalue weighted by atomic mass is 10.1. The third-order valence-electron chi connectivity index (χ3n) is 4.53. The molecule has 0 spiro atoms. The number of anilines is 2. The summed E-state index contributed by atoms with van der Waals surface area (Å²) < 4.78 is 10.3. The van der Waals surface area contributed by atoms with Gasteiger partial charge in [-0.2, -0.15) is 0 Å². The van der Waals surface area contributed by atoms with E-state index in [0.717, 1.165) is 18.2 Å². The van der Waals surface area contributed by atoms with Crippen molar-refractivity contribution < 1.29 is 28.9 Å². The molecule has 12 nitrogen and oxygen atoms in total. The summed E-state index contributed by atoms with van der Waals surface area (Å²) in [4.78, 5) is 47.3. The van der Waals surface area contributed by atoms with Crippen LogP contribution in [0.4, 0.5) is 22.7 Å². The van der Waals surface area contributed by atoms with Crippen LogP contribution in [0.5, 0.6) is 0 Å². The van der Waals surface area contributed by atoms with Crippen LogP contribution in [0.1, 0.15) is 10.4 Å². The molecule has 0 radical (unpaired) electrons. The van der Waals surface area contributed by atoms with Crippen molar-refractivity contribution >= 4 is 46.2 Å². The van der Waals surface area contributed by atoms with Crippen molar-refractivity contribution in [1.29, 1.82) is 0 Å². The van der Waals surface area contributed by atoms with E-state index in [1.54, 1.807) is 0 Å². The number of rotatable bonds is 7. The van der Waals surface area contributed by atoms with E-state index in [2.05, 4.69) is 5.32 Å². The minimum atomic E-state index is -0.917. The second-order valence-corrected chi connectivity index (χ2v) is 7.01. The Bertz CT molecular complexity index is 1070. The fourth-order valence-electron chi connectivity index (χ4n) is 3.00. The van der Waals surface area contributed by atoms with Gasteiger partial charge in [0, 0.05) is 37.4 Å². The number of halogens is 1. The number of benzene rings is 2. The van der Waals surface area contributed by atoms with Gasteiger partial charge in [-0.15, -0.1) is 0 Å². The molecule has 1 saturated heterocycles. The van der Waals surface area contributed by atoms with E-state index in [1.807, 2.05) is 4.90 Å². The summed E-state index contributed by atoms with van der Waals surface area (Å²) in [5, 5.41) is 24.2. The van der Waals surface area contributed by atoms with E-state index in [-0.39, 0.29) is 27.6 Å². The standard InChI is InChI=1S/C19H17ClN4O8/c20-15-10-13(24(29)30)1-3-16(15)21-18(25)11-32-19(26)14-9-12(23(27)28)2-4-17(14)22-5-7-31-8-6-22/h1-4,9-10H,5-8,11H2,(H,21,25). The number of nitrogens with zero attached hydrogens (tertiary/aromatic N) is 3. The Morgan fingerprint density at radius 3 is 2.31 bits per heavy atom. The summed E-state index contributed by atoms with van der Waals surface area (Å²) >= 11 is 5.92. The minimum Gasteiger partial charge on any atom is -0.452 e. The third kappa shape index (κ3) is 5.47. The van der Waals surface area contributed by atoms with Gasteiger partial charge < -0.3 is 19.7 Å². The zero-order chi connectivity index (χ0) is 23.3. The number of carbonyl (C=O) groups is 2. The molecular formula is C19H17ClN4O8. The first kappa shape index (κ1) is 22.9. The minimum absolute atomic E-state index is 0.0535. The normalized spacial score (nSPS) is 13.3. The number of esters is 1. The van der Waals surface area contributed by atoms with Crippen LogP contribution in [0.3, 0.4) is 0 Å². The molecule has 1 N–H and O–H groups in total. The van der Waals surface area contributed by atoms with Gasteiger partial charge in [0.05, 0.1) is 45.0 Å². The lowest BCUT2D eigenvalue weighted by Crippen LogP contribution is -2.37. The predicted molar refractivity (Wildman–Crippen MR) is 113 cm³/mol.